The number of hydrogen-bond acceptors (Lipinski definition) is 6. The molecule has 0 atom stereocenters. The molecule has 0 bridgehead atoms. The van der Waals surface area contributed by atoms with E-state index in [1.807, 2.05) is 19.1 Å². The number of piperidine rings is 1. The highest BCUT2D eigenvalue weighted by Gasteiger charge is 2.28. The second kappa shape index (κ2) is 8.74. The zero-order valence-electron chi connectivity index (χ0n) is 15.0. The summed E-state index contributed by atoms with van der Waals surface area (Å²) in [5.41, 5.74) is 0.460. The minimum absolute atomic E-state index is 0.182. The number of rotatable bonds is 5. The van der Waals surface area contributed by atoms with Crippen molar-refractivity contribution in [1.29, 1.82) is 5.26 Å². The van der Waals surface area contributed by atoms with Gasteiger partial charge in [0, 0.05) is 25.4 Å². The molecule has 0 saturated carbocycles. The Morgan fingerprint density at radius 1 is 1.30 bits per heavy atom. The van der Waals surface area contributed by atoms with E-state index in [2.05, 4.69) is 16.0 Å². The first-order valence-corrected chi connectivity index (χ1v) is 9.23. The monoisotopic (exact) mass is 385 g/mol. The summed E-state index contributed by atoms with van der Waals surface area (Å²) in [4.78, 5) is 19.0. The number of ether oxygens (including phenoxy) is 2. The summed E-state index contributed by atoms with van der Waals surface area (Å²) < 4.78 is 11.1. The molecule has 2 aromatic rings. The highest BCUT2D eigenvalue weighted by molar-refractivity contribution is 6.30. The van der Waals surface area contributed by atoms with Crippen LogP contribution in [0.1, 0.15) is 25.3 Å². The summed E-state index contributed by atoms with van der Waals surface area (Å²) >= 11 is 5.88. The predicted octanol–water partition coefficient (Wildman–Crippen LogP) is 3.83. The van der Waals surface area contributed by atoms with Gasteiger partial charge in [-0.25, -0.2) is 4.98 Å². The van der Waals surface area contributed by atoms with Crippen LogP contribution in [0.15, 0.2) is 36.5 Å². The largest absolute Gasteiger partial charge is 0.490 e. The van der Waals surface area contributed by atoms with E-state index in [-0.39, 0.29) is 11.9 Å². The molecule has 2 heterocycles. The summed E-state index contributed by atoms with van der Waals surface area (Å²) in [6, 6.07) is 10.5. The van der Waals surface area contributed by atoms with Crippen molar-refractivity contribution in [2.24, 2.45) is 5.92 Å². The van der Waals surface area contributed by atoms with Gasteiger partial charge in [-0.15, -0.1) is 0 Å². The van der Waals surface area contributed by atoms with Crippen LogP contribution < -0.4 is 14.4 Å². The van der Waals surface area contributed by atoms with E-state index in [0.29, 0.717) is 41.5 Å². The highest BCUT2D eigenvalue weighted by Crippen LogP contribution is 2.30. The Labute approximate surface area is 163 Å². The molecule has 1 aromatic carbocycles. The Balaban J connectivity index is 1.61. The average Bonchev–Trinajstić information content (AvgIpc) is 2.70. The van der Waals surface area contributed by atoms with Crippen LogP contribution in [0.5, 0.6) is 11.5 Å². The van der Waals surface area contributed by atoms with Gasteiger partial charge in [0.2, 0.25) is 0 Å². The topological polar surface area (TPSA) is 75.5 Å². The molecular formula is C20H20ClN3O3. The fraction of sp³-hybridized carbons (Fsp3) is 0.350. The van der Waals surface area contributed by atoms with Crippen molar-refractivity contribution < 1.29 is 14.3 Å². The summed E-state index contributed by atoms with van der Waals surface area (Å²) in [5, 5.41) is 9.61. The molecule has 0 radical (unpaired) electrons. The lowest BCUT2D eigenvalue weighted by atomic mass is 9.97. The van der Waals surface area contributed by atoms with Gasteiger partial charge in [-0.2, -0.15) is 5.26 Å². The lowest BCUT2D eigenvalue weighted by molar-refractivity contribution is -0.139. The van der Waals surface area contributed by atoms with Gasteiger partial charge in [-0.3, -0.25) is 4.79 Å². The molecule has 27 heavy (non-hydrogen) atoms. The third-order valence-corrected chi connectivity index (χ3v) is 4.67. The number of pyridine rings is 1. The van der Waals surface area contributed by atoms with Crippen molar-refractivity contribution in [3.8, 4) is 17.6 Å². The Bertz CT molecular complexity index is 841. The quantitative estimate of drug-likeness (QED) is 0.575. The van der Waals surface area contributed by atoms with E-state index >= 15 is 0 Å². The van der Waals surface area contributed by atoms with Gasteiger partial charge in [0.15, 0.2) is 11.5 Å². The highest BCUT2D eigenvalue weighted by atomic mass is 35.5. The van der Waals surface area contributed by atoms with Gasteiger partial charge in [0.1, 0.15) is 5.82 Å². The van der Waals surface area contributed by atoms with Gasteiger partial charge in [0.25, 0.3) is 0 Å². The van der Waals surface area contributed by atoms with Crippen LogP contribution in [0.2, 0.25) is 5.02 Å². The maximum atomic E-state index is 12.6. The number of aromatic nitrogens is 1. The molecule has 7 heteroatoms. The third kappa shape index (κ3) is 4.69. The van der Waals surface area contributed by atoms with E-state index in [1.165, 1.54) is 0 Å². The van der Waals surface area contributed by atoms with Gasteiger partial charge >= 0.3 is 5.97 Å². The van der Waals surface area contributed by atoms with Gasteiger partial charge in [-0.05, 0) is 44.0 Å². The summed E-state index contributed by atoms with van der Waals surface area (Å²) in [6.07, 6.45) is 2.99. The first-order valence-electron chi connectivity index (χ1n) is 8.86. The smallest absolute Gasteiger partial charge is 0.314 e. The first-order chi connectivity index (χ1) is 13.1. The van der Waals surface area contributed by atoms with Crippen molar-refractivity contribution in [1.82, 2.24) is 4.98 Å². The van der Waals surface area contributed by atoms with E-state index in [9.17, 15) is 4.79 Å². The number of anilines is 1. The van der Waals surface area contributed by atoms with Crippen LogP contribution in [-0.2, 0) is 4.79 Å². The molecule has 1 aliphatic heterocycles. The van der Waals surface area contributed by atoms with E-state index in [1.54, 1.807) is 24.4 Å². The maximum Gasteiger partial charge on any atom is 0.314 e. The van der Waals surface area contributed by atoms with Gasteiger partial charge in [0.05, 0.1) is 29.2 Å². The van der Waals surface area contributed by atoms with Crippen molar-refractivity contribution in [2.45, 2.75) is 19.8 Å². The molecule has 140 valence electrons. The molecule has 0 aliphatic carbocycles. The molecule has 0 N–H and O–H groups in total. The van der Waals surface area contributed by atoms with Crippen molar-refractivity contribution in [3.63, 3.8) is 0 Å². The number of esters is 1. The SMILES string of the molecule is CCOc1cc(C#N)ccc1OC(=O)C1CCN(c2ccc(Cl)cn2)CC1. The number of carbonyl (C=O) groups is 1. The minimum Gasteiger partial charge on any atom is -0.490 e. The van der Waals surface area contributed by atoms with Crippen molar-refractivity contribution in [3.05, 3.63) is 47.1 Å². The van der Waals surface area contributed by atoms with Crippen LogP contribution in [0.25, 0.3) is 0 Å². The normalized spacial score (nSPS) is 14.5. The molecule has 0 unspecified atom stereocenters. The van der Waals surface area contributed by atoms with Crippen molar-refractivity contribution in [2.75, 3.05) is 24.6 Å². The third-order valence-electron chi connectivity index (χ3n) is 4.45. The van der Waals surface area contributed by atoms with Crippen LogP contribution in [0.4, 0.5) is 5.82 Å². The number of hydrogen-bond donors (Lipinski definition) is 0. The number of halogens is 1. The molecule has 0 amide bonds. The number of nitrogens with zero attached hydrogens (tertiary/aromatic N) is 3. The molecule has 0 spiro atoms. The molecular weight excluding hydrogens is 366 g/mol. The lowest BCUT2D eigenvalue weighted by Gasteiger charge is -2.31. The van der Waals surface area contributed by atoms with Crippen LogP contribution in [0, 0.1) is 17.2 Å². The van der Waals surface area contributed by atoms with Gasteiger partial charge in [-0.1, -0.05) is 11.6 Å². The fourth-order valence-electron chi connectivity index (χ4n) is 3.02. The Hall–Kier alpha value is -2.78. The maximum absolute atomic E-state index is 12.6. The van der Waals surface area contributed by atoms with Crippen LogP contribution in [0.3, 0.4) is 0 Å². The first kappa shape index (κ1) is 19.0. The molecule has 1 aliphatic rings. The van der Waals surface area contributed by atoms with E-state index in [4.69, 9.17) is 26.3 Å². The second-order valence-corrected chi connectivity index (χ2v) is 6.66. The summed E-state index contributed by atoms with van der Waals surface area (Å²) in [7, 11) is 0. The molecule has 1 fully saturated rings. The summed E-state index contributed by atoms with van der Waals surface area (Å²) in [6.45, 7) is 3.71. The van der Waals surface area contributed by atoms with Crippen LogP contribution in [-0.4, -0.2) is 30.6 Å². The van der Waals surface area contributed by atoms with Crippen LogP contribution >= 0.6 is 11.6 Å². The van der Waals surface area contributed by atoms with Gasteiger partial charge < -0.3 is 14.4 Å². The zero-order valence-corrected chi connectivity index (χ0v) is 15.8. The zero-order chi connectivity index (χ0) is 19.2. The molecule has 3 rings (SSSR count). The number of nitriles is 1. The average molecular weight is 386 g/mol. The second-order valence-electron chi connectivity index (χ2n) is 6.22. The minimum atomic E-state index is -0.274. The lowest BCUT2D eigenvalue weighted by Crippen LogP contribution is -2.38. The molecule has 1 aromatic heterocycles. The Kier molecular flexibility index (Phi) is 6.15. The molecule has 1 saturated heterocycles. The molecule has 6 nitrogen and oxygen atoms in total. The summed E-state index contributed by atoms with van der Waals surface area (Å²) in [5.74, 6) is 1.16. The van der Waals surface area contributed by atoms with E-state index < -0.39 is 0 Å². The number of carbonyl (C=O) groups excluding carboxylic acids is 1. The standard InChI is InChI=1S/C20H20ClN3O3/c1-2-26-18-11-14(12-22)3-5-17(18)27-20(25)15-7-9-24(10-8-15)19-6-4-16(21)13-23-19/h3-6,11,13,15H,2,7-10H2,1H3. The number of benzene rings is 1. The predicted molar refractivity (Wildman–Crippen MR) is 102 cm³/mol. The Morgan fingerprint density at radius 2 is 2.07 bits per heavy atom. The van der Waals surface area contributed by atoms with Crippen molar-refractivity contribution >= 4 is 23.4 Å². The van der Waals surface area contributed by atoms with E-state index in [0.717, 1.165) is 18.9 Å². The Morgan fingerprint density at radius 3 is 2.70 bits per heavy atom. The fourth-order valence-corrected chi connectivity index (χ4v) is 3.13.